The summed E-state index contributed by atoms with van der Waals surface area (Å²) in [6.07, 6.45) is 2.42. The van der Waals surface area contributed by atoms with Crippen LogP contribution in [0.5, 0.6) is 11.5 Å². The number of benzene rings is 1. The van der Waals surface area contributed by atoms with Gasteiger partial charge in [-0.15, -0.1) is 0 Å². The second kappa shape index (κ2) is 5.27. The molecule has 0 radical (unpaired) electrons. The molecule has 0 bridgehead atoms. The molecule has 1 fully saturated rings. The van der Waals surface area contributed by atoms with Crippen molar-refractivity contribution in [3.05, 3.63) is 21.7 Å². The lowest BCUT2D eigenvalue weighted by atomic mass is 9.99. The van der Waals surface area contributed by atoms with Gasteiger partial charge in [0.2, 0.25) is 0 Å². The molecule has 1 aromatic rings. The first kappa shape index (κ1) is 12.7. The van der Waals surface area contributed by atoms with Crippen molar-refractivity contribution in [1.82, 2.24) is 5.32 Å². The molecule has 0 aliphatic carbocycles. The number of hydrogen-bond acceptors (Lipinski definition) is 3. The van der Waals surface area contributed by atoms with E-state index in [2.05, 4.69) is 34.2 Å². The molecule has 1 N–H and O–H groups in total. The monoisotopic (exact) mass is 299 g/mol. The van der Waals surface area contributed by atoms with Crippen LogP contribution in [0.15, 0.2) is 10.5 Å². The van der Waals surface area contributed by atoms with Gasteiger partial charge in [0.25, 0.3) is 0 Å². The number of rotatable bonds is 3. The van der Waals surface area contributed by atoms with Gasteiger partial charge in [-0.2, -0.15) is 0 Å². The van der Waals surface area contributed by atoms with Gasteiger partial charge in [-0.25, -0.2) is 0 Å². The van der Waals surface area contributed by atoms with Crippen LogP contribution in [0.25, 0.3) is 0 Å². The van der Waals surface area contributed by atoms with Crippen LogP contribution in [-0.4, -0.2) is 20.8 Å². The molecule has 0 saturated carbocycles. The minimum absolute atomic E-state index is 0.436. The first-order chi connectivity index (χ1) is 8.19. The van der Waals surface area contributed by atoms with Crippen LogP contribution in [-0.2, 0) is 0 Å². The molecule has 1 aromatic carbocycles. The van der Waals surface area contributed by atoms with Gasteiger partial charge < -0.3 is 14.8 Å². The van der Waals surface area contributed by atoms with Crippen LogP contribution in [0.3, 0.4) is 0 Å². The van der Waals surface area contributed by atoms with E-state index in [0.717, 1.165) is 28.1 Å². The van der Waals surface area contributed by atoms with Crippen molar-refractivity contribution in [2.24, 2.45) is 0 Å². The molecule has 0 spiro atoms. The van der Waals surface area contributed by atoms with Crippen molar-refractivity contribution in [2.75, 3.05) is 20.8 Å². The summed E-state index contributed by atoms with van der Waals surface area (Å²) >= 11 is 3.55. The second-order valence-corrected chi connectivity index (χ2v) is 5.14. The predicted octanol–water partition coefficient (Wildman–Crippen LogP) is 3.20. The Labute approximate surface area is 111 Å². The number of hydrogen-bond donors (Lipinski definition) is 1. The smallest absolute Gasteiger partial charge is 0.175 e. The molecule has 1 unspecified atom stereocenters. The van der Waals surface area contributed by atoms with Crippen molar-refractivity contribution in [3.8, 4) is 11.5 Å². The van der Waals surface area contributed by atoms with Crippen LogP contribution in [0.4, 0.5) is 0 Å². The summed E-state index contributed by atoms with van der Waals surface area (Å²) < 4.78 is 11.8. The number of methoxy groups -OCH3 is 2. The molecule has 0 aromatic heterocycles. The summed E-state index contributed by atoms with van der Waals surface area (Å²) in [6, 6.07) is 2.57. The van der Waals surface area contributed by atoms with Crippen molar-refractivity contribution in [3.63, 3.8) is 0 Å². The lowest BCUT2D eigenvalue weighted by Gasteiger charge is -2.19. The predicted molar refractivity (Wildman–Crippen MR) is 72.0 cm³/mol. The normalized spacial score (nSPS) is 19.4. The summed E-state index contributed by atoms with van der Waals surface area (Å²) in [6.45, 7) is 3.18. The summed E-state index contributed by atoms with van der Waals surface area (Å²) in [5.74, 6) is 1.59. The van der Waals surface area contributed by atoms with E-state index < -0.39 is 0 Å². The minimum atomic E-state index is 0.436. The zero-order valence-corrected chi connectivity index (χ0v) is 12.1. The molecule has 1 aliphatic rings. The molecule has 2 rings (SSSR count). The number of halogens is 1. The molecule has 0 amide bonds. The highest BCUT2D eigenvalue weighted by Crippen LogP contribution is 2.42. The van der Waals surface area contributed by atoms with E-state index in [1.54, 1.807) is 14.2 Å². The fraction of sp³-hybridized carbons (Fsp3) is 0.538. The Hall–Kier alpha value is -0.740. The summed E-state index contributed by atoms with van der Waals surface area (Å²) in [7, 11) is 3.35. The topological polar surface area (TPSA) is 30.5 Å². The highest BCUT2D eigenvalue weighted by atomic mass is 79.9. The van der Waals surface area contributed by atoms with Crippen molar-refractivity contribution in [2.45, 2.75) is 25.8 Å². The Balaban J connectivity index is 2.50. The van der Waals surface area contributed by atoms with Crippen molar-refractivity contribution >= 4 is 15.9 Å². The second-order valence-electron chi connectivity index (χ2n) is 4.29. The van der Waals surface area contributed by atoms with E-state index in [1.165, 1.54) is 18.4 Å². The van der Waals surface area contributed by atoms with Gasteiger partial charge in [0.1, 0.15) is 0 Å². The fourth-order valence-corrected chi connectivity index (χ4v) is 3.06. The van der Waals surface area contributed by atoms with Gasteiger partial charge >= 0.3 is 0 Å². The van der Waals surface area contributed by atoms with Crippen molar-refractivity contribution in [1.29, 1.82) is 0 Å². The maximum atomic E-state index is 5.47. The van der Waals surface area contributed by atoms with Crippen LogP contribution in [0, 0.1) is 6.92 Å². The van der Waals surface area contributed by atoms with Crippen molar-refractivity contribution < 1.29 is 9.47 Å². The van der Waals surface area contributed by atoms with E-state index in [4.69, 9.17) is 9.47 Å². The molecule has 1 atom stereocenters. The fourth-order valence-electron chi connectivity index (χ4n) is 2.47. The number of ether oxygens (including phenoxy) is 2. The van der Waals surface area contributed by atoms with Gasteiger partial charge in [-0.05, 0) is 59.4 Å². The van der Waals surface area contributed by atoms with Gasteiger partial charge in [-0.1, -0.05) is 0 Å². The first-order valence-electron chi connectivity index (χ1n) is 5.83. The molecule has 17 heavy (non-hydrogen) atoms. The van der Waals surface area contributed by atoms with Gasteiger partial charge in [0.05, 0.1) is 18.7 Å². The Morgan fingerprint density at radius 1 is 1.29 bits per heavy atom. The quantitative estimate of drug-likeness (QED) is 0.930. The average molecular weight is 300 g/mol. The van der Waals surface area contributed by atoms with Crippen LogP contribution < -0.4 is 14.8 Å². The van der Waals surface area contributed by atoms with E-state index in [-0.39, 0.29) is 0 Å². The zero-order chi connectivity index (χ0) is 12.4. The highest BCUT2D eigenvalue weighted by molar-refractivity contribution is 9.10. The van der Waals surface area contributed by atoms with E-state index in [1.807, 2.05) is 0 Å². The summed E-state index contributed by atoms with van der Waals surface area (Å²) in [4.78, 5) is 0. The lowest BCUT2D eigenvalue weighted by molar-refractivity contribution is 0.350. The Bertz CT molecular complexity index is 414. The first-order valence-corrected chi connectivity index (χ1v) is 6.62. The van der Waals surface area contributed by atoms with Gasteiger partial charge in [-0.3, -0.25) is 0 Å². The largest absolute Gasteiger partial charge is 0.493 e. The maximum absolute atomic E-state index is 5.47. The zero-order valence-electron chi connectivity index (χ0n) is 10.5. The van der Waals surface area contributed by atoms with Crippen LogP contribution in [0.2, 0.25) is 0 Å². The Morgan fingerprint density at radius 2 is 2.00 bits per heavy atom. The maximum Gasteiger partial charge on any atom is 0.175 e. The van der Waals surface area contributed by atoms with Gasteiger partial charge in [0, 0.05) is 6.04 Å². The third kappa shape index (κ3) is 2.29. The molecule has 1 aliphatic heterocycles. The van der Waals surface area contributed by atoms with Crippen LogP contribution >= 0.6 is 15.9 Å². The Morgan fingerprint density at radius 3 is 2.53 bits per heavy atom. The van der Waals surface area contributed by atoms with E-state index in [0.29, 0.717) is 6.04 Å². The Kier molecular flexibility index (Phi) is 3.94. The third-order valence-electron chi connectivity index (χ3n) is 3.32. The lowest BCUT2D eigenvalue weighted by Crippen LogP contribution is -2.14. The van der Waals surface area contributed by atoms with E-state index >= 15 is 0 Å². The standard InChI is InChI=1S/C13H18BrNO2/c1-8-9(11-5-4-6-15-11)7-10(14)13(17-3)12(8)16-2/h7,11,15H,4-6H2,1-3H3. The molecule has 94 valence electrons. The average Bonchev–Trinajstić information content (AvgIpc) is 2.84. The molecular weight excluding hydrogens is 282 g/mol. The number of nitrogens with one attached hydrogen (secondary N) is 1. The molecule has 3 nitrogen and oxygen atoms in total. The molecule has 1 saturated heterocycles. The van der Waals surface area contributed by atoms with E-state index in [9.17, 15) is 0 Å². The SMILES string of the molecule is COc1c(Br)cc(C2CCCN2)c(C)c1OC. The van der Waals surface area contributed by atoms with Gasteiger partial charge in [0.15, 0.2) is 11.5 Å². The third-order valence-corrected chi connectivity index (χ3v) is 3.91. The molecule has 1 heterocycles. The minimum Gasteiger partial charge on any atom is -0.493 e. The summed E-state index contributed by atoms with van der Waals surface area (Å²) in [5, 5.41) is 3.51. The summed E-state index contributed by atoms with van der Waals surface area (Å²) in [5.41, 5.74) is 2.46. The highest BCUT2D eigenvalue weighted by Gasteiger charge is 2.23. The van der Waals surface area contributed by atoms with Crippen LogP contribution in [0.1, 0.15) is 30.0 Å². The molecular formula is C13H18BrNO2. The molecule has 4 heteroatoms.